The molecule has 0 aliphatic carbocycles. The van der Waals surface area contributed by atoms with E-state index in [-0.39, 0.29) is 24.4 Å². The van der Waals surface area contributed by atoms with Gasteiger partial charge in [0.25, 0.3) is 0 Å². The topological polar surface area (TPSA) is 84.7 Å². The molecule has 0 radical (unpaired) electrons. The Kier molecular flexibility index (Phi) is 6.40. The summed E-state index contributed by atoms with van der Waals surface area (Å²) in [7, 11) is 0. The lowest BCUT2D eigenvalue weighted by atomic mass is 10.2. The summed E-state index contributed by atoms with van der Waals surface area (Å²) in [4.78, 5) is 25.2. The van der Waals surface area contributed by atoms with Gasteiger partial charge in [-0.05, 0) is 43.5 Å². The van der Waals surface area contributed by atoms with Crippen LogP contribution in [-0.2, 0) is 16.1 Å². The van der Waals surface area contributed by atoms with E-state index in [1.165, 1.54) is 0 Å². The Hall–Kier alpha value is -2.08. The van der Waals surface area contributed by atoms with E-state index in [1.54, 1.807) is 0 Å². The molecule has 1 aliphatic heterocycles. The number of likely N-dealkylation sites (tertiary alicyclic amines) is 1. The van der Waals surface area contributed by atoms with Gasteiger partial charge in [-0.2, -0.15) is 0 Å². The number of rotatable bonds is 8. The van der Waals surface area contributed by atoms with Crippen molar-refractivity contribution in [1.29, 1.82) is 0 Å². The number of nitrogens with two attached hydrogens (primary N) is 1. The molecule has 2 amide bonds. The van der Waals surface area contributed by atoms with Crippen molar-refractivity contribution in [3.63, 3.8) is 0 Å². The van der Waals surface area contributed by atoms with E-state index in [1.807, 2.05) is 29.2 Å². The van der Waals surface area contributed by atoms with Crippen molar-refractivity contribution < 1.29 is 14.3 Å². The number of nitrogens with one attached hydrogen (secondary N) is 1. The SMILES string of the molecule is CCCOc1cccc(CNC(=O)CN2CCCC2C(N)=O)c1. The van der Waals surface area contributed by atoms with Crippen LogP contribution in [0.25, 0.3) is 0 Å². The Morgan fingerprint density at radius 2 is 2.26 bits per heavy atom. The molecule has 1 fully saturated rings. The molecule has 0 spiro atoms. The molecule has 2 rings (SSSR count). The molecule has 1 heterocycles. The molecule has 1 aliphatic rings. The minimum absolute atomic E-state index is 0.0990. The zero-order chi connectivity index (χ0) is 16.7. The molecule has 3 N–H and O–H groups in total. The summed E-state index contributed by atoms with van der Waals surface area (Å²) in [5.74, 6) is 0.362. The van der Waals surface area contributed by atoms with Crippen LogP contribution in [-0.4, -0.2) is 42.5 Å². The molecule has 1 saturated heterocycles. The number of hydrogen-bond donors (Lipinski definition) is 2. The number of hydrogen-bond acceptors (Lipinski definition) is 4. The first kappa shape index (κ1) is 17.3. The third-order valence-corrected chi connectivity index (χ3v) is 3.90. The van der Waals surface area contributed by atoms with Crippen LogP contribution < -0.4 is 15.8 Å². The van der Waals surface area contributed by atoms with E-state index in [9.17, 15) is 9.59 Å². The van der Waals surface area contributed by atoms with Crippen LogP contribution in [0, 0.1) is 0 Å². The molecule has 6 nitrogen and oxygen atoms in total. The van der Waals surface area contributed by atoms with Crippen LogP contribution >= 0.6 is 0 Å². The van der Waals surface area contributed by atoms with E-state index in [2.05, 4.69) is 12.2 Å². The van der Waals surface area contributed by atoms with Gasteiger partial charge in [0.1, 0.15) is 5.75 Å². The summed E-state index contributed by atoms with van der Waals surface area (Å²) >= 11 is 0. The van der Waals surface area contributed by atoms with Gasteiger partial charge in [-0.3, -0.25) is 14.5 Å². The molecule has 0 saturated carbocycles. The molecule has 6 heteroatoms. The third-order valence-electron chi connectivity index (χ3n) is 3.90. The fourth-order valence-electron chi connectivity index (χ4n) is 2.74. The number of benzene rings is 1. The molecule has 23 heavy (non-hydrogen) atoms. The Morgan fingerprint density at radius 1 is 1.43 bits per heavy atom. The number of nitrogens with zero attached hydrogens (tertiary/aromatic N) is 1. The third kappa shape index (κ3) is 5.25. The molecule has 1 aromatic rings. The van der Waals surface area contributed by atoms with Gasteiger partial charge in [-0.25, -0.2) is 0 Å². The van der Waals surface area contributed by atoms with Crippen molar-refractivity contribution in [1.82, 2.24) is 10.2 Å². The van der Waals surface area contributed by atoms with Crippen molar-refractivity contribution in [2.45, 2.75) is 38.8 Å². The lowest BCUT2D eigenvalue weighted by Crippen LogP contribution is -2.45. The van der Waals surface area contributed by atoms with Crippen molar-refractivity contribution in [2.75, 3.05) is 19.7 Å². The largest absolute Gasteiger partial charge is 0.494 e. The van der Waals surface area contributed by atoms with Crippen LogP contribution in [0.5, 0.6) is 5.75 Å². The molecular formula is C17H25N3O3. The van der Waals surface area contributed by atoms with Gasteiger partial charge in [0.2, 0.25) is 11.8 Å². The van der Waals surface area contributed by atoms with Crippen LogP contribution in [0.2, 0.25) is 0 Å². The standard InChI is InChI=1S/C17H25N3O3/c1-2-9-23-14-6-3-5-13(10-14)11-19-16(21)12-20-8-4-7-15(20)17(18)22/h3,5-6,10,15H,2,4,7-9,11-12H2,1H3,(H2,18,22)(H,19,21). The fraction of sp³-hybridized carbons (Fsp3) is 0.529. The highest BCUT2D eigenvalue weighted by Crippen LogP contribution is 2.16. The lowest BCUT2D eigenvalue weighted by molar-refractivity contribution is -0.125. The second kappa shape index (κ2) is 8.53. The zero-order valence-electron chi connectivity index (χ0n) is 13.6. The minimum atomic E-state index is -0.351. The van der Waals surface area contributed by atoms with Crippen LogP contribution in [0.3, 0.4) is 0 Å². The quantitative estimate of drug-likeness (QED) is 0.750. The molecule has 1 aromatic carbocycles. The van der Waals surface area contributed by atoms with Gasteiger partial charge in [0, 0.05) is 6.54 Å². The van der Waals surface area contributed by atoms with Gasteiger partial charge in [-0.1, -0.05) is 19.1 Å². The summed E-state index contributed by atoms with van der Waals surface area (Å²) in [6, 6.07) is 7.38. The van der Waals surface area contributed by atoms with Crippen LogP contribution in [0.15, 0.2) is 24.3 Å². The van der Waals surface area contributed by atoms with Crippen molar-refractivity contribution in [3.8, 4) is 5.75 Å². The second-order valence-corrected chi connectivity index (χ2v) is 5.80. The predicted octanol–water partition coefficient (Wildman–Crippen LogP) is 1.04. The highest BCUT2D eigenvalue weighted by molar-refractivity contribution is 5.82. The lowest BCUT2D eigenvalue weighted by Gasteiger charge is -2.21. The molecule has 0 aromatic heterocycles. The Morgan fingerprint density at radius 3 is 3.00 bits per heavy atom. The Labute approximate surface area is 137 Å². The Balaban J connectivity index is 1.81. The number of carbonyl (C=O) groups excluding carboxylic acids is 2. The fourth-order valence-corrected chi connectivity index (χ4v) is 2.74. The van der Waals surface area contributed by atoms with E-state index < -0.39 is 0 Å². The first-order valence-corrected chi connectivity index (χ1v) is 8.12. The average Bonchev–Trinajstić information content (AvgIpc) is 2.99. The summed E-state index contributed by atoms with van der Waals surface area (Å²) < 4.78 is 5.58. The van der Waals surface area contributed by atoms with E-state index in [0.29, 0.717) is 13.2 Å². The van der Waals surface area contributed by atoms with Crippen molar-refractivity contribution >= 4 is 11.8 Å². The normalized spacial score (nSPS) is 17.9. The smallest absolute Gasteiger partial charge is 0.234 e. The molecular weight excluding hydrogens is 294 g/mol. The number of ether oxygens (including phenoxy) is 1. The average molecular weight is 319 g/mol. The van der Waals surface area contributed by atoms with Crippen molar-refractivity contribution in [2.24, 2.45) is 5.73 Å². The Bertz CT molecular complexity index is 548. The van der Waals surface area contributed by atoms with Gasteiger partial charge in [0.15, 0.2) is 0 Å². The van der Waals surface area contributed by atoms with Gasteiger partial charge in [0.05, 0.1) is 19.2 Å². The second-order valence-electron chi connectivity index (χ2n) is 5.80. The molecule has 0 bridgehead atoms. The summed E-state index contributed by atoms with van der Waals surface area (Å²) in [5, 5.41) is 2.88. The number of amides is 2. The molecule has 1 atom stereocenters. The van der Waals surface area contributed by atoms with E-state index in [4.69, 9.17) is 10.5 Å². The highest BCUT2D eigenvalue weighted by atomic mass is 16.5. The minimum Gasteiger partial charge on any atom is -0.494 e. The predicted molar refractivity (Wildman–Crippen MR) is 87.9 cm³/mol. The zero-order valence-corrected chi connectivity index (χ0v) is 13.6. The first-order chi connectivity index (χ1) is 11.1. The highest BCUT2D eigenvalue weighted by Gasteiger charge is 2.30. The van der Waals surface area contributed by atoms with E-state index in [0.717, 1.165) is 37.1 Å². The summed E-state index contributed by atoms with van der Waals surface area (Å²) in [6.07, 6.45) is 2.59. The first-order valence-electron chi connectivity index (χ1n) is 8.12. The summed E-state index contributed by atoms with van der Waals surface area (Å²) in [6.45, 7) is 4.12. The number of primary amides is 1. The summed E-state index contributed by atoms with van der Waals surface area (Å²) in [5.41, 5.74) is 6.35. The van der Waals surface area contributed by atoms with E-state index >= 15 is 0 Å². The monoisotopic (exact) mass is 319 g/mol. The van der Waals surface area contributed by atoms with Crippen LogP contribution in [0.4, 0.5) is 0 Å². The maximum absolute atomic E-state index is 12.1. The van der Waals surface area contributed by atoms with Crippen molar-refractivity contribution in [3.05, 3.63) is 29.8 Å². The van der Waals surface area contributed by atoms with Gasteiger partial charge >= 0.3 is 0 Å². The maximum Gasteiger partial charge on any atom is 0.234 e. The van der Waals surface area contributed by atoms with Gasteiger partial charge in [-0.15, -0.1) is 0 Å². The maximum atomic E-state index is 12.1. The number of carbonyl (C=O) groups is 2. The molecule has 126 valence electrons. The van der Waals surface area contributed by atoms with Gasteiger partial charge < -0.3 is 15.8 Å². The van der Waals surface area contributed by atoms with Crippen LogP contribution in [0.1, 0.15) is 31.7 Å². The molecule has 1 unspecified atom stereocenters.